The van der Waals surface area contributed by atoms with Gasteiger partial charge in [-0.15, -0.1) is 0 Å². The van der Waals surface area contributed by atoms with Crippen LogP contribution in [0.15, 0.2) is 28.7 Å². The molecule has 0 fully saturated rings. The third-order valence-electron chi connectivity index (χ3n) is 2.54. The van der Waals surface area contributed by atoms with Crippen molar-refractivity contribution in [3.63, 3.8) is 0 Å². The molecule has 4 heteroatoms. The van der Waals surface area contributed by atoms with E-state index in [0.29, 0.717) is 19.5 Å². The van der Waals surface area contributed by atoms with E-state index in [9.17, 15) is 4.79 Å². The van der Waals surface area contributed by atoms with Gasteiger partial charge >= 0.3 is 0 Å². The van der Waals surface area contributed by atoms with E-state index in [1.165, 1.54) is 0 Å². The van der Waals surface area contributed by atoms with Crippen LogP contribution in [0.4, 0.5) is 0 Å². The van der Waals surface area contributed by atoms with Gasteiger partial charge in [-0.2, -0.15) is 0 Å². The Hall–Kier alpha value is -0.870. The minimum absolute atomic E-state index is 0.113. The highest BCUT2D eigenvalue weighted by Gasteiger charge is 2.16. The van der Waals surface area contributed by atoms with Crippen molar-refractivity contribution in [2.24, 2.45) is 5.73 Å². The number of hydrogen-bond donors (Lipinski definition) is 1. The number of carbonyl (C=O) groups excluding carboxylic acids is 1. The van der Waals surface area contributed by atoms with Crippen LogP contribution in [-0.2, 0) is 11.3 Å². The first-order valence-electron chi connectivity index (χ1n) is 5.78. The number of rotatable bonds is 5. The molecule has 1 rings (SSSR count). The van der Waals surface area contributed by atoms with Crippen LogP contribution in [0, 0.1) is 0 Å². The fourth-order valence-electron chi connectivity index (χ4n) is 1.66. The second kappa shape index (κ2) is 6.77. The van der Waals surface area contributed by atoms with Gasteiger partial charge in [0.1, 0.15) is 0 Å². The quantitative estimate of drug-likeness (QED) is 0.908. The maximum atomic E-state index is 11.9. The molecule has 0 bridgehead atoms. The number of nitrogens with two attached hydrogens (primary N) is 1. The average Bonchev–Trinajstić information content (AvgIpc) is 2.26. The van der Waals surface area contributed by atoms with E-state index in [0.717, 1.165) is 10.0 Å². The first-order chi connectivity index (χ1) is 8.04. The molecule has 1 aromatic carbocycles. The van der Waals surface area contributed by atoms with Gasteiger partial charge in [0.05, 0.1) is 0 Å². The Morgan fingerprint density at radius 2 is 2.18 bits per heavy atom. The van der Waals surface area contributed by atoms with Gasteiger partial charge in [-0.1, -0.05) is 28.1 Å². The second-order valence-electron chi connectivity index (χ2n) is 4.28. The molecule has 0 unspecified atom stereocenters. The van der Waals surface area contributed by atoms with E-state index < -0.39 is 0 Å². The number of nitrogens with zero attached hydrogens (tertiary/aromatic N) is 1. The monoisotopic (exact) mass is 298 g/mol. The van der Waals surface area contributed by atoms with Crippen LogP contribution in [0.2, 0.25) is 0 Å². The van der Waals surface area contributed by atoms with Crippen LogP contribution < -0.4 is 5.73 Å². The summed E-state index contributed by atoms with van der Waals surface area (Å²) in [5, 5.41) is 0. The van der Waals surface area contributed by atoms with Gasteiger partial charge in [0.15, 0.2) is 0 Å². The normalized spacial score (nSPS) is 10.6. The maximum Gasteiger partial charge on any atom is 0.224 e. The molecule has 0 aliphatic carbocycles. The zero-order valence-electron chi connectivity index (χ0n) is 10.3. The van der Waals surface area contributed by atoms with Crippen molar-refractivity contribution in [3.05, 3.63) is 34.3 Å². The van der Waals surface area contributed by atoms with Crippen molar-refractivity contribution in [1.29, 1.82) is 0 Å². The molecule has 0 saturated carbocycles. The summed E-state index contributed by atoms with van der Waals surface area (Å²) < 4.78 is 1.03. The molecule has 0 atom stereocenters. The van der Waals surface area contributed by atoms with E-state index in [1.807, 2.05) is 43.0 Å². The summed E-state index contributed by atoms with van der Waals surface area (Å²) in [6.45, 7) is 5.08. The molecule has 0 radical (unpaired) electrons. The Balaban J connectivity index is 2.76. The second-order valence-corrected chi connectivity index (χ2v) is 5.20. The highest BCUT2D eigenvalue weighted by atomic mass is 79.9. The topological polar surface area (TPSA) is 46.3 Å². The van der Waals surface area contributed by atoms with Crippen molar-refractivity contribution < 1.29 is 4.79 Å². The average molecular weight is 299 g/mol. The number of carbonyl (C=O) groups is 1. The standard InChI is InChI=1S/C13H19BrN2O/c1-10(2)16(13(17)6-7-15)9-11-4-3-5-12(14)8-11/h3-5,8,10H,6-7,9,15H2,1-2H3. The molecule has 1 aromatic rings. The predicted octanol–water partition coefficient (Wildman–Crippen LogP) is 2.53. The molecule has 94 valence electrons. The largest absolute Gasteiger partial charge is 0.336 e. The molecule has 0 heterocycles. The molecule has 0 aromatic heterocycles. The minimum atomic E-state index is 0.113. The highest BCUT2D eigenvalue weighted by molar-refractivity contribution is 9.10. The third-order valence-corrected chi connectivity index (χ3v) is 3.04. The fourth-order valence-corrected chi connectivity index (χ4v) is 2.10. The summed E-state index contributed by atoms with van der Waals surface area (Å²) in [7, 11) is 0. The third kappa shape index (κ3) is 4.48. The molecular formula is C13H19BrN2O. The van der Waals surface area contributed by atoms with Gasteiger partial charge < -0.3 is 10.6 Å². The zero-order chi connectivity index (χ0) is 12.8. The summed E-state index contributed by atoms with van der Waals surface area (Å²) in [6.07, 6.45) is 0.409. The van der Waals surface area contributed by atoms with Crippen molar-refractivity contribution >= 4 is 21.8 Å². The van der Waals surface area contributed by atoms with Crippen molar-refractivity contribution in [3.8, 4) is 0 Å². The number of amides is 1. The smallest absolute Gasteiger partial charge is 0.224 e. The Labute approximate surface area is 111 Å². The summed E-state index contributed by atoms with van der Waals surface area (Å²) in [5.41, 5.74) is 6.55. The highest BCUT2D eigenvalue weighted by Crippen LogP contribution is 2.15. The van der Waals surface area contributed by atoms with Crippen LogP contribution in [0.25, 0.3) is 0 Å². The molecule has 0 aliphatic heterocycles. The van der Waals surface area contributed by atoms with E-state index in [-0.39, 0.29) is 11.9 Å². The predicted molar refractivity (Wildman–Crippen MR) is 73.5 cm³/mol. The van der Waals surface area contributed by atoms with Crippen molar-refractivity contribution in [2.75, 3.05) is 6.54 Å². The lowest BCUT2D eigenvalue weighted by atomic mass is 10.1. The first kappa shape index (κ1) is 14.2. The molecule has 2 N–H and O–H groups in total. The van der Waals surface area contributed by atoms with E-state index in [4.69, 9.17) is 5.73 Å². The molecule has 3 nitrogen and oxygen atoms in total. The molecule has 0 spiro atoms. The SMILES string of the molecule is CC(C)N(Cc1cccc(Br)c1)C(=O)CCN. The van der Waals surface area contributed by atoms with E-state index in [2.05, 4.69) is 15.9 Å². The van der Waals surface area contributed by atoms with Crippen molar-refractivity contribution in [2.45, 2.75) is 32.9 Å². The van der Waals surface area contributed by atoms with Crippen molar-refractivity contribution in [1.82, 2.24) is 4.90 Å². The minimum Gasteiger partial charge on any atom is -0.336 e. The Kier molecular flexibility index (Phi) is 5.65. The Bertz CT molecular complexity index is 379. The zero-order valence-corrected chi connectivity index (χ0v) is 11.9. The molecular weight excluding hydrogens is 280 g/mol. The molecule has 17 heavy (non-hydrogen) atoms. The van der Waals surface area contributed by atoms with Crippen LogP contribution in [0.5, 0.6) is 0 Å². The van der Waals surface area contributed by atoms with E-state index in [1.54, 1.807) is 0 Å². The van der Waals surface area contributed by atoms with Gasteiger partial charge in [-0.05, 0) is 31.5 Å². The first-order valence-corrected chi connectivity index (χ1v) is 6.58. The number of hydrogen-bond acceptors (Lipinski definition) is 2. The summed E-state index contributed by atoms with van der Waals surface area (Å²) >= 11 is 3.43. The molecule has 1 amide bonds. The van der Waals surface area contributed by atoms with Gasteiger partial charge in [-0.3, -0.25) is 4.79 Å². The number of halogens is 1. The van der Waals surface area contributed by atoms with Crippen LogP contribution in [0.1, 0.15) is 25.8 Å². The van der Waals surface area contributed by atoms with Crippen LogP contribution in [-0.4, -0.2) is 23.4 Å². The van der Waals surface area contributed by atoms with Crippen LogP contribution in [0.3, 0.4) is 0 Å². The lowest BCUT2D eigenvalue weighted by Crippen LogP contribution is -2.37. The van der Waals surface area contributed by atoms with Gasteiger partial charge in [0, 0.05) is 30.0 Å². The lowest BCUT2D eigenvalue weighted by molar-refractivity contribution is -0.133. The molecule has 0 aliphatic rings. The van der Waals surface area contributed by atoms with E-state index >= 15 is 0 Å². The summed E-state index contributed by atoms with van der Waals surface area (Å²) in [5.74, 6) is 0.113. The van der Waals surface area contributed by atoms with Gasteiger partial charge in [-0.25, -0.2) is 0 Å². The van der Waals surface area contributed by atoms with Crippen LogP contribution >= 0.6 is 15.9 Å². The Morgan fingerprint density at radius 1 is 1.47 bits per heavy atom. The fraction of sp³-hybridized carbons (Fsp3) is 0.462. The lowest BCUT2D eigenvalue weighted by Gasteiger charge is -2.27. The van der Waals surface area contributed by atoms with Gasteiger partial charge in [0.2, 0.25) is 5.91 Å². The molecule has 0 saturated heterocycles. The summed E-state index contributed by atoms with van der Waals surface area (Å²) in [4.78, 5) is 13.8. The van der Waals surface area contributed by atoms with Gasteiger partial charge in [0.25, 0.3) is 0 Å². The maximum absolute atomic E-state index is 11.9. The summed E-state index contributed by atoms with van der Waals surface area (Å²) in [6, 6.07) is 8.20. The Morgan fingerprint density at radius 3 is 2.71 bits per heavy atom. The number of benzene rings is 1.